The molecule has 1 amide bonds. The fourth-order valence-corrected chi connectivity index (χ4v) is 3.09. The molecule has 1 aromatic carbocycles. The summed E-state index contributed by atoms with van der Waals surface area (Å²) in [6, 6.07) is 4.82. The number of hydrogen-bond acceptors (Lipinski definition) is 8. The van der Waals surface area contributed by atoms with Crippen molar-refractivity contribution in [3.63, 3.8) is 0 Å². The molecule has 9 nitrogen and oxygen atoms in total. The second-order valence-electron chi connectivity index (χ2n) is 5.00. The van der Waals surface area contributed by atoms with Crippen molar-refractivity contribution in [2.45, 2.75) is 12.2 Å². The highest BCUT2D eigenvalue weighted by Gasteiger charge is 2.24. The van der Waals surface area contributed by atoms with Crippen LogP contribution in [0.2, 0.25) is 0 Å². The van der Waals surface area contributed by atoms with Crippen molar-refractivity contribution < 1.29 is 9.72 Å². The summed E-state index contributed by atoms with van der Waals surface area (Å²) in [5.41, 5.74) is 9.50. The van der Waals surface area contributed by atoms with E-state index in [4.69, 9.17) is 5.73 Å². The summed E-state index contributed by atoms with van der Waals surface area (Å²) in [5, 5.41) is 18.4. The number of rotatable bonds is 6. The van der Waals surface area contributed by atoms with Crippen LogP contribution in [-0.4, -0.2) is 45.6 Å². The van der Waals surface area contributed by atoms with Gasteiger partial charge in [0.05, 0.1) is 22.4 Å². The third-order valence-corrected chi connectivity index (χ3v) is 4.76. The number of nitrogens with zero attached hydrogens (tertiary/aromatic N) is 3. The number of nitro groups is 1. The molecule has 1 atom stereocenters. The number of amides is 1. The van der Waals surface area contributed by atoms with Crippen LogP contribution >= 0.6 is 23.5 Å². The molecule has 1 aromatic rings. The van der Waals surface area contributed by atoms with Gasteiger partial charge in [-0.1, -0.05) is 29.6 Å². The van der Waals surface area contributed by atoms with Gasteiger partial charge in [0, 0.05) is 18.2 Å². The lowest BCUT2D eigenvalue weighted by Gasteiger charge is -2.18. The second kappa shape index (κ2) is 8.72. The van der Waals surface area contributed by atoms with Gasteiger partial charge in [0.25, 0.3) is 10.9 Å². The first-order valence-electron chi connectivity index (χ1n) is 7.33. The zero-order valence-corrected chi connectivity index (χ0v) is 15.3. The van der Waals surface area contributed by atoms with E-state index in [2.05, 4.69) is 20.8 Å². The van der Waals surface area contributed by atoms with Gasteiger partial charge in [-0.05, 0) is 19.2 Å². The van der Waals surface area contributed by atoms with Crippen LogP contribution in [-0.2, 0) is 0 Å². The van der Waals surface area contributed by atoms with E-state index in [1.54, 1.807) is 12.1 Å². The van der Waals surface area contributed by atoms with Gasteiger partial charge in [-0.3, -0.25) is 19.9 Å². The summed E-state index contributed by atoms with van der Waals surface area (Å²) in [6.45, 7) is 2.66. The van der Waals surface area contributed by atoms with E-state index in [0.717, 1.165) is 11.8 Å². The van der Waals surface area contributed by atoms with E-state index >= 15 is 0 Å². The number of amidine groups is 1. The van der Waals surface area contributed by atoms with E-state index in [9.17, 15) is 14.9 Å². The molecule has 1 aliphatic rings. The van der Waals surface area contributed by atoms with Crippen LogP contribution in [0.25, 0.3) is 0 Å². The average Bonchev–Trinajstić information content (AvgIpc) is 2.58. The Kier molecular flexibility index (Phi) is 6.65. The molecular formula is C14H18N6O3S2. The minimum atomic E-state index is -0.453. The van der Waals surface area contributed by atoms with Crippen LogP contribution < -0.4 is 16.5 Å². The molecule has 0 aromatic heterocycles. The maximum absolute atomic E-state index is 11.4. The number of nitrogens with two attached hydrogens (primary N) is 1. The molecule has 2 rings (SSSR count). The molecule has 25 heavy (non-hydrogen) atoms. The van der Waals surface area contributed by atoms with Crippen molar-refractivity contribution in [2.75, 3.05) is 24.7 Å². The molecule has 0 bridgehead atoms. The smallest absolute Gasteiger partial charge is 0.299 e. The largest absolute Gasteiger partial charge is 0.379 e. The summed E-state index contributed by atoms with van der Waals surface area (Å²) < 4.78 is 0. The average molecular weight is 382 g/mol. The van der Waals surface area contributed by atoms with Gasteiger partial charge in [0.15, 0.2) is 5.17 Å². The fourth-order valence-electron chi connectivity index (χ4n) is 2.15. The minimum Gasteiger partial charge on any atom is -0.379 e. The maximum atomic E-state index is 11.4. The third-order valence-electron chi connectivity index (χ3n) is 3.33. The lowest BCUT2D eigenvalue weighted by molar-refractivity contribution is -0.384. The van der Waals surface area contributed by atoms with Crippen molar-refractivity contribution in [3.8, 4) is 0 Å². The van der Waals surface area contributed by atoms with Crippen molar-refractivity contribution >= 4 is 51.0 Å². The first kappa shape index (κ1) is 19.1. The summed E-state index contributed by atoms with van der Waals surface area (Å²) in [6.07, 6.45) is 1.82. The van der Waals surface area contributed by atoms with Gasteiger partial charge in [0.1, 0.15) is 5.69 Å². The zero-order valence-electron chi connectivity index (χ0n) is 13.7. The lowest BCUT2D eigenvalue weighted by Crippen LogP contribution is -2.29. The number of carbonyl (C=O) groups is 1. The first-order valence-corrected chi connectivity index (χ1v) is 9.43. The fraction of sp³-hybridized carbons (Fsp3) is 0.357. The van der Waals surface area contributed by atoms with Gasteiger partial charge in [-0.2, -0.15) is 5.10 Å². The van der Waals surface area contributed by atoms with Gasteiger partial charge in [-0.15, -0.1) is 0 Å². The van der Waals surface area contributed by atoms with Gasteiger partial charge in [-0.25, -0.2) is 5.43 Å². The Labute approximate surface area is 153 Å². The normalized spacial score (nSPS) is 17.7. The van der Waals surface area contributed by atoms with Crippen molar-refractivity contribution in [1.29, 1.82) is 0 Å². The molecule has 1 unspecified atom stereocenters. The van der Waals surface area contributed by atoms with E-state index in [1.807, 2.05) is 13.2 Å². The molecule has 134 valence electrons. The Morgan fingerprint density at radius 1 is 1.60 bits per heavy atom. The van der Waals surface area contributed by atoms with Crippen molar-refractivity contribution in [2.24, 2.45) is 15.8 Å². The Bertz CT molecular complexity index is 737. The molecule has 0 saturated carbocycles. The van der Waals surface area contributed by atoms with E-state index < -0.39 is 4.92 Å². The molecule has 0 fully saturated rings. The number of benzene rings is 1. The summed E-state index contributed by atoms with van der Waals surface area (Å²) >= 11 is 2.43. The molecular weight excluding hydrogens is 364 g/mol. The minimum absolute atomic E-state index is 0.0591. The van der Waals surface area contributed by atoms with Crippen LogP contribution in [0.5, 0.6) is 0 Å². The predicted octanol–water partition coefficient (Wildman–Crippen LogP) is 2.23. The highest BCUT2D eigenvalue weighted by atomic mass is 32.2. The standard InChI is InChI=1S/C14H18N6O3S2/c1-8-12(18-19-14(21)25-8)9-3-4-10(11(7-9)20(22)23)16-5-6-17-13(15)24-2/h3-4,7-8,16H,5-6H2,1-2H3,(H2,15,17)(H,19,21). The highest BCUT2D eigenvalue weighted by molar-refractivity contribution is 8.14. The van der Waals surface area contributed by atoms with Crippen LogP contribution in [0.15, 0.2) is 28.3 Å². The van der Waals surface area contributed by atoms with Gasteiger partial charge in [0.2, 0.25) is 0 Å². The monoisotopic (exact) mass is 382 g/mol. The van der Waals surface area contributed by atoms with Crippen LogP contribution in [0.4, 0.5) is 16.2 Å². The topological polar surface area (TPSA) is 135 Å². The van der Waals surface area contributed by atoms with Crippen LogP contribution in [0, 0.1) is 10.1 Å². The Balaban J connectivity index is 2.18. The Hall–Kier alpha value is -2.27. The molecule has 11 heteroatoms. The lowest BCUT2D eigenvalue weighted by atomic mass is 10.1. The van der Waals surface area contributed by atoms with Crippen LogP contribution in [0.3, 0.4) is 0 Å². The Morgan fingerprint density at radius 3 is 3.00 bits per heavy atom. The number of nitro benzene ring substituents is 1. The Morgan fingerprint density at radius 2 is 2.36 bits per heavy atom. The summed E-state index contributed by atoms with van der Waals surface area (Å²) in [4.78, 5) is 26.3. The molecule has 1 aliphatic heterocycles. The van der Waals surface area contributed by atoms with E-state index in [0.29, 0.717) is 35.2 Å². The maximum Gasteiger partial charge on any atom is 0.299 e. The number of aliphatic imine (C=N–C) groups is 1. The predicted molar refractivity (Wildman–Crippen MR) is 104 cm³/mol. The van der Waals surface area contributed by atoms with Crippen molar-refractivity contribution in [1.82, 2.24) is 5.43 Å². The molecule has 0 spiro atoms. The molecule has 1 heterocycles. The number of hydrogen-bond donors (Lipinski definition) is 3. The highest BCUT2D eigenvalue weighted by Crippen LogP contribution is 2.28. The molecule has 0 saturated heterocycles. The summed E-state index contributed by atoms with van der Waals surface area (Å²) in [7, 11) is 0. The molecule has 0 aliphatic carbocycles. The molecule has 4 N–H and O–H groups in total. The number of carbonyl (C=O) groups excluding carboxylic acids is 1. The summed E-state index contributed by atoms with van der Waals surface area (Å²) in [5.74, 6) is 0. The van der Waals surface area contributed by atoms with Gasteiger partial charge < -0.3 is 11.1 Å². The quantitative estimate of drug-likeness (QED) is 0.226. The third kappa shape index (κ3) is 5.10. The van der Waals surface area contributed by atoms with Gasteiger partial charge >= 0.3 is 0 Å². The number of hydrazone groups is 1. The number of anilines is 1. The first-order chi connectivity index (χ1) is 11.9. The zero-order chi connectivity index (χ0) is 18.4. The number of nitrogens with one attached hydrogen (secondary N) is 2. The molecule has 0 radical (unpaired) electrons. The SMILES string of the molecule is CSC(N)=NCCNc1ccc(C2=NNC(=O)SC2C)cc1[N+](=O)[O-]. The van der Waals surface area contributed by atoms with E-state index in [1.165, 1.54) is 17.8 Å². The van der Waals surface area contributed by atoms with E-state index in [-0.39, 0.29) is 16.2 Å². The number of thioether (sulfide) groups is 2. The van der Waals surface area contributed by atoms with Crippen LogP contribution in [0.1, 0.15) is 12.5 Å². The van der Waals surface area contributed by atoms with Crippen molar-refractivity contribution in [3.05, 3.63) is 33.9 Å². The second-order valence-corrected chi connectivity index (χ2v) is 7.14.